The fourth-order valence-corrected chi connectivity index (χ4v) is 3.22. The maximum Gasteiger partial charge on any atom is 0.251 e. The van der Waals surface area contributed by atoms with Gasteiger partial charge in [-0.1, -0.05) is 30.3 Å². The van der Waals surface area contributed by atoms with Crippen LogP contribution < -0.4 is 10.1 Å². The summed E-state index contributed by atoms with van der Waals surface area (Å²) in [7, 11) is 0. The highest BCUT2D eigenvalue weighted by molar-refractivity contribution is 5.94. The standard InChI is InChI=1S/C23H26N2O3/c1-2-28-21-11-9-19(10-12-21)23(27)24-20-14-16-25(17-15-20)22(26)13-8-18-6-4-3-5-7-18/h3-13,20H,2,14-17H2,1H3,(H,24,27)/b13-8+. The third kappa shape index (κ3) is 5.46. The van der Waals surface area contributed by atoms with Gasteiger partial charge in [-0.2, -0.15) is 0 Å². The number of carbonyl (C=O) groups excluding carboxylic acids is 2. The summed E-state index contributed by atoms with van der Waals surface area (Å²) in [5.41, 5.74) is 1.63. The van der Waals surface area contributed by atoms with Gasteiger partial charge in [-0.05, 0) is 55.7 Å². The maximum atomic E-state index is 12.4. The number of nitrogens with zero attached hydrogens (tertiary/aromatic N) is 1. The number of ether oxygens (including phenoxy) is 1. The molecule has 28 heavy (non-hydrogen) atoms. The first kappa shape index (κ1) is 19.7. The SMILES string of the molecule is CCOc1ccc(C(=O)NC2CCN(C(=O)/C=C/c3ccccc3)CC2)cc1. The molecule has 5 nitrogen and oxygen atoms in total. The van der Waals surface area contributed by atoms with Crippen molar-refractivity contribution < 1.29 is 14.3 Å². The molecule has 146 valence electrons. The first-order valence-electron chi connectivity index (χ1n) is 9.71. The summed E-state index contributed by atoms with van der Waals surface area (Å²) >= 11 is 0. The van der Waals surface area contributed by atoms with E-state index in [0.717, 1.165) is 24.2 Å². The number of rotatable bonds is 6. The predicted octanol–water partition coefficient (Wildman–Crippen LogP) is 3.52. The van der Waals surface area contributed by atoms with Gasteiger partial charge in [0.05, 0.1) is 6.61 Å². The van der Waals surface area contributed by atoms with E-state index < -0.39 is 0 Å². The Kier molecular flexibility index (Phi) is 6.84. The molecule has 0 unspecified atom stereocenters. The third-order valence-corrected chi connectivity index (χ3v) is 4.79. The monoisotopic (exact) mass is 378 g/mol. The second-order valence-electron chi connectivity index (χ2n) is 6.77. The summed E-state index contributed by atoms with van der Waals surface area (Å²) < 4.78 is 5.40. The zero-order valence-corrected chi connectivity index (χ0v) is 16.1. The largest absolute Gasteiger partial charge is 0.494 e. The van der Waals surface area contributed by atoms with Crippen LogP contribution in [0.3, 0.4) is 0 Å². The molecule has 2 aromatic rings. The summed E-state index contributed by atoms with van der Waals surface area (Å²) in [6.45, 7) is 3.82. The molecule has 5 heteroatoms. The van der Waals surface area contributed by atoms with Gasteiger partial charge >= 0.3 is 0 Å². The zero-order valence-electron chi connectivity index (χ0n) is 16.1. The van der Waals surface area contributed by atoms with Crippen molar-refractivity contribution in [1.29, 1.82) is 0 Å². The zero-order chi connectivity index (χ0) is 19.8. The summed E-state index contributed by atoms with van der Waals surface area (Å²) in [4.78, 5) is 26.6. The summed E-state index contributed by atoms with van der Waals surface area (Å²) in [6, 6.07) is 17.0. The van der Waals surface area contributed by atoms with E-state index in [1.54, 1.807) is 30.3 Å². The molecule has 1 saturated heterocycles. The Bertz CT molecular complexity index is 808. The molecule has 2 aromatic carbocycles. The molecule has 1 aliphatic heterocycles. The normalized spacial score (nSPS) is 14.8. The Morgan fingerprint density at radius 1 is 1.07 bits per heavy atom. The minimum atomic E-state index is -0.0863. The van der Waals surface area contributed by atoms with Crippen molar-refractivity contribution in [3.8, 4) is 5.75 Å². The lowest BCUT2D eigenvalue weighted by atomic mass is 10.0. The quantitative estimate of drug-likeness (QED) is 0.783. The second kappa shape index (κ2) is 9.74. The van der Waals surface area contributed by atoms with Gasteiger partial charge in [0.15, 0.2) is 0 Å². The maximum absolute atomic E-state index is 12.4. The number of likely N-dealkylation sites (tertiary alicyclic amines) is 1. The van der Waals surface area contributed by atoms with Crippen molar-refractivity contribution >= 4 is 17.9 Å². The molecule has 1 N–H and O–H groups in total. The number of carbonyl (C=O) groups is 2. The molecule has 0 bridgehead atoms. The first-order chi connectivity index (χ1) is 13.7. The molecule has 0 aliphatic carbocycles. The van der Waals surface area contributed by atoms with E-state index in [9.17, 15) is 9.59 Å². The molecule has 0 aromatic heterocycles. The molecule has 3 rings (SSSR count). The predicted molar refractivity (Wildman–Crippen MR) is 110 cm³/mol. The molecule has 0 saturated carbocycles. The lowest BCUT2D eigenvalue weighted by molar-refractivity contribution is -0.126. The van der Waals surface area contributed by atoms with Gasteiger partial charge in [0.25, 0.3) is 5.91 Å². The average Bonchev–Trinajstić information content (AvgIpc) is 2.74. The molecular formula is C23H26N2O3. The first-order valence-corrected chi connectivity index (χ1v) is 9.71. The van der Waals surface area contributed by atoms with Crippen LogP contribution in [0.2, 0.25) is 0 Å². The number of amides is 2. The average molecular weight is 378 g/mol. The minimum absolute atomic E-state index is 0.0140. The van der Waals surface area contributed by atoms with Gasteiger partial charge in [0, 0.05) is 30.8 Å². The van der Waals surface area contributed by atoms with Crippen LogP contribution >= 0.6 is 0 Å². The highest BCUT2D eigenvalue weighted by atomic mass is 16.5. The van der Waals surface area contributed by atoms with E-state index in [-0.39, 0.29) is 17.9 Å². The van der Waals surface area contributed by atoms with Crippen LogP contribution in [0.1, 0.15) is 35.7 Å². The molecular weight excluding hydrogens is 352 g/mol. The molecule has 0 spiro atoms. The summed E-state index contributed by atoms with van der Waals surface area (Å²) in [5, 5.41) is 3.07. The fraction of sp³-hybridized carbons (Fsp3) is 0.304. The van der Waals surface area contributed by atoms with Crippen LogP contribution in [-0.4, -0.2) is 42.5 Å². The van der Waals surface area contributed by atoms with Crippen molar-refractivity contribution in [2.45, 2.75) is 25.8 Å². The van der Waals surface area contributed by atoms with Gasteiger partial charge in [0.2, 0.25) is 5.91 Å². The summed E-state index contributed by atoms with van der Waals surface area (Å²) in [6.07, 6.45) is 4.97. The Morgan fingerprint density at radius 2 is 1.75 bits per heavy atom. The van der Waals surface area contributed by atoms with Gasteiger partial charge < -0.3 is 15.0 Å². The van der Waals surface area contributed by atoms with Crippen molar-refractivity contribution in [2.75, 3.05) is 19.7 Å². The number of benzene rings is 2. The van der Waals surface area contributed by atoms with Crippen LogP contribution in [0.25, 0.3) is 6.08 Å². The molecule has 1 aliphatic rings. The lowest BCUT2D eigenvalue weighted by Gasteiger charge is -2.31. The van der Waals surface area contributed by atoms with E-state index in [2.05, 4.69) is 5.32 Å². The van der Waals surface area contributed by atoms with Crippen LogP contribution in [0.4, 0.5) is 0 Å². The van der Waals surface area contributed by atoms with E-state index in [0.29, 0.717) is 25.3 Å². The molecule has 1 fully saturated rings. The number of piperidine rings is 1. The van der Waals surface area contributed by atoms with Gasteiger partial charge in [-0.3, -0.25) is 9.59 Å². The fourth-order valence-electron chi connectivity index (χ4n) is 3.22. The van der Waals surface area contributed by atoms with E-state index in [1.807, 2.05) is 48.2 Å². The Labute approximate surface area is 166 Å². The molecule has 0 radical (unpaired) electrons. The van der Waals surface area contributed by atoms with Crippen LogP contribution in [0.15, 0.2) is 60.7 Å². The highest BCUT2D eigenvalue weighted by Gasteiger charge is 2.23. The number of hydrogen-bond acceptors (Lipinski definition) is 3. The smallest absolute Gasteiger partial charge is 0.251 e. The lowest BCUT2D eigenvalue weighted by Crippen LogP contribution is -2.46. The summed E-state index contributed by atoms with van der Waals surface area (Å²) in [5.74, 6) is 0.686. The third-order valence-electron chi connectivity index (χ3n) is 4.79. The van der Waals surface area contributed by atoms with Crippen molar-refractivity contribution in [1.82, 2.24) is 10.2 Å². The molecule has 2 amide bonds. The van der Waals surface area contributed by atoms with Crippen molar-refractivity contribution in [2.24, 2.45) is 0 Å². The van der Waals surface area contributed by atoms with Crippen LogP contribution in [0, 0.1) is 0 Å². The number of nitrogens with one attached hydrogen (secondary N) is 1. The topological polar surface area (TPSA) is 58.6 Å². The Hall–Kier alpha value is -3.08. The van der Waals surface area contributed by atoms with E-state index in [1.165, 1.54) is 0 Å². The second-order valence-corrected chi connectivity index (χ2v) is 6.77. The van der Waals surface area contributed by atoms with E-state index in [4.69, 9.17) is 4.74 Å². The minimum Gasteiger partial charge on any atom is -0.494 e. The van der Waals surface area contributed by atoms with Crippen molar-refractivity contribution in [3.63, 3.8) is 0 Å². The van der Waals surface area contributed by atoms with Crippen LogP contribution in [0.5, 0.6) is 5.75 Å². The van der Waals surface area contributed by atoms with Crippen LogP contribution in [-0.2, 0) is 4.79 Å². The number of hydrogen-bond donors (Lipinski definition) is 1. The Balaban J connectivity index is 1.46. The van der Waals surface area contributed by atoms with Gasteiger partial charge in [-0.25, -0.2) is 0 Å². The van der Waals surface area contributed by atoms with Gasteiger partial charge in [0.1, 0.15) is 5.75 Å². The molecule has 1 heterocycles. The van der Waals surface area contributed by atoms with E-state index >= 15 is 0 Å². The van der Waals surface area contributed by atoms with Crippen molar-refractivity contribution in [3.05, 3.63) is 71.8 Å². The highest BCUT2D eigenvalue weighted by Crippen LogP contribution is 2.15. The molecule has 0 atom stereocenters. The Morgan fingerprint density at radius 3 is 2.39 bits per heavy atom. The van der Waals surface area contributed by atoms with Gasteiger partial charge in [-0.15, -0.1) is 0 Å².